The predicted octanol–water partition coefficient (Wildman–Crippen LogP) is 6.73. The fraction of sp³-hybridized carbons (Fsp3) is 0.353. The van der Waals surface area contributed by atoms with Gasteiger partial charge in [-0.3, -0.25) is 14.6 Å². The van der Waals surface area contributed by atoms with Crippen molar-refractivity contribution in [2.45, 2.75) is 64.2 Å². The Labute approximate surface area is 264 Å². The van der Waals surface area contributed by atoms with Crippen LogP contribution in [0.25, 0.3) is 5.69 Å². The first-order chi connectivity index (χ1) is 21.9. The molecule has 2 heterocycles. The molecule has 0 aliphatic heterocycles. The van der Waals surface area contributed by atoms with Crippen molar-refractivity contribution in [3.8, 4) is 5.69 Å². The molecule has 2 aromatic carbocycles. The number of nitrogens with two attached hydrogens (primary N) is 1. The van der Waals surface area contributed by atoms with Gasteiger partial charge in [0.05, 0.1) is 16.9 Å². The van der Waals surface area contributed by atoms with Gasteiger partial charge in [-0.05, 0) is 66.1 Å². The van der Waals surface area contributed by atoms with Gasteiger partial charge in [0.25, 0.3) is 5.91 Å². The van der Waals surface area contributed by atoms with Crippen LogP contribution >= 0.6 is 0 Å². The average Bonchev–Trinajstić information content (AvgIpc) is 3.74. The molecular formula is C34H36F4N6O2. The summed E-state index contributed by atoms with van der Waals surface area (Å²) in [6.45, 7) is 3.98. The lowest BCUT2D eigenvalue weighted by Gasteiger charge is -2.37. The number of carbonyl (C=O) groups is 2. The maximum atomic E-state index is 15.4. The zero-order valence-corrected chi connectivity index (χ0v) is 25.6. The molecule has 1 saturated carbocycles. The molecule has 1 unspecified atom stereocenters. The lowest BCUT2D eigenvalue weighted by atomic mass is 9.78. The van der Waals surface area contributed by atoms with Crippen LogP contribution < -0.4 is 16.4 Å². The largest absolute Gasteiger partial charge is 0.435 e. The number of hydrogen-bond acceptors (Lipinski definition) is 5. The number of anilines is 1. The summed E-state index contributed by atoms with van der Waals surface area (Å²) < 4.78 is 57.4. The van der Waals surface area contributed by atoms with Crippen molar-refractivity contribution in [1.29, 1.82) is 0 Å². The molecule has 12 heteroatoms. The van der Waals surface area contributed by atoms with Crippen molar-refractivity contribution in [3.05, 3.63) is 107 Å². The van der Waals surface area contributed by atoms with Crippen molar-refractivity contribution in [2.75, 3.05) is 5.32 Å². The van der Waals surface area contributed by atoms with Crippen LogP contribution in [0.3, 0.4) is 0 Å². The summed E-state index contributed by atoms with van der Waals surface area (Å²) in [6, 6.07) is 14.6. The van der Waals surface area contributed by atoms with Crippen LogP contribution in [-0.2, 0) is 23.1 Å². The van der Waals surface area contributed by atoms with E-state index in [1.807, 2.05) is 19.9 Å². The van der Waals surface area contributed by atoms with Crippen LogP contribution in [0.5, 0.6) is 0 Å². The van der Waals surface area contributed by atoms with Gasteiger partial charge in [-0.1, -0.05) is 51.0 Å². The van der Waals surface area contributed by atoms with Crippen molar-refractivity contribution in [2.24, 2.45) is 17.6 Å². The Morgan fingerprint density at radius 1 is 1.04 bits per heavy atom. The number of alkyl halides is 3. The number of hydrogen-bond donors (Lipinski definition) is 3. The Morgan fingerprint density at radius 2 is 1.83 bits per heavy atom. The molecule has 4 aromatic rings. The molecular weight excluding hydrogens is 600 g/mol. The van der Waals surface area contributed by atoms with Gasteiger partial charge in [-0.15, -0.1) is 0 Å². The van der Waals surface area contributed by atoms with Crippen LogP contribution in [0.2, 0.25) is 0 Å². The van der Waals surface area contributed by atoms with Crippen molar-refractivity contribution < 1.29 is 27.2 Å². The van der Waals surface area contributed by atoms with Crippen LogP contribution in [0, 0.1) is 17.7 Å². The first kappa shape index (κ1) is 32.8. The van der Waals surface area contributed by atoms with E-state index >= 15 is 4.39 Å². The number of nitrogens with one attached hydrogen (secondary N) is 2. The summed E-state index contributed by atoms with van der Waals surface area (Å²) >= 11 is 0. The lowest BCUT2D eigenvalue weighted by Crippen LogP contribution is -2.47. The van der Waals surface area contributed by atoms with Gasteiger partial charge < -0.3 is 16.4 Å². The standard InChI is InChI=1S/C34H36F4N6O2/c1-21(2)15-31(45)42-33(13-12-22-8-9-22,25-6-4-14-40-20-25)24-10-11-27(35)28(17-24)41-32(46)29-18-30(34(36,37)38)43-44(29)26-7-3-5-23(16-26)19-39/h3-7,10-11,14,16-18,20-22H,8-9,12-13,15,19,39H2,1-2H3,(H,41,46)(H,42,45). The maximum absolute atomic E-state index is 15.4. The predicted molar refractivity (Wildman–Crippen MR) is 165 cm³/mol. The quantitative estimate of drug-likeness (QED) is 0.149. The minimum Gasteiger partial charge on any atom is -0.342 e. The van der Waals surface area contributed by atoms with E-state index in [4.69, 9.17) is 5.73 Å². The second kappa shape index (κ2) is 13.4. The second-order valence-corrected chi connectivity index (χ2v) is 12.1. The molecule has 46 heavy (non-hydrogen) atoms. The minimum absolute atomic E-state index is 0.0788. The molecule has 0 radical (unpaired) electrons. The number of benzene rings is 2. The highest BCUT2D eigenvalue weighted by atomic mass is 19.4. The molecule has 1 fully saturated rings. The van der Waals surface area contributed by atoms with Crippen molar-refractivity contribution in [1.82, 2.24) is 20.1 Å². The summed E-state index contributed by atoms with van der Waals surface area (Å²) in [7, 11) is 0. The van der Waals surface area contributed by atoms with E-state index in [2.05, 4.69) is 20.7 Å². The maximum Gasteiger partial charge on any atom is 0.435 e. The molecule has 5 rings (SSSR count). The van der Waals surface area contributed by atoms with Gasteiger partial charge in [0.1, 0.15) is 11.5 Å². The van der Waals surface area contributed by atoms with Crippen LogP contribution in [0.1, 0.15) is 78.8 Å². The van der Waals surface area contributed by atoms with Gasteiger partial charge in [-0.25, -0.2) is 9.07 Å². The van der Waals surface area contributed by atoms with Gasteiger partial charge in [0.15, 0.2) is 5.69 Å². The minimum atomic E-state index is -4.84. The average molecular weight is 637 g/mol. The van der Waals surface area contributed by atoms with Crippen LogP contribution in [0.15, 0.2) is 73.1 Å². The SMILES string of the molecule is CC(C)CC(=O)NC(CCC1CC1)(c1cccnc1)c1ccc(F)c(NC(=O)c2cc(C(F)(F)F)nn2-c2cccc(CN)c2)c1. The molecule has 1 aliphatic carbocycles. The molecule has 1 aliphatic rings. The van der Waals surface area contributed by atoms with Crippen molar-refractivity contribution >= 4 is 17.5 Å². The molecule has 0 saturated heterocycles. The molecule has 2 aromatic heterocycles. The van der Waals surface area contributed by atoms with E-state index in [1.165, 1.54) is 24.3 Å². The number of amides is 2. The van der Waals surface area contributed by atoms with E-state index in [1.54, 1.807) is 36.7 Å². The first-order valence-corrected chi connectivity index (χ1v) is 15.2. The number of rotatable bonds is 12. The third-order valence-corrected chi connectivity index (χ3v) is 8.06. The number of aromatic nitrogens is 3. The lowest BCUT2D eigenvalue weighted by molar-refractivity contribution is -0.141. The highest BCUT2D eigenvalue weighted by Gasteiger charge is 2.39. The summed E-state index contributed by atoms with van der Waals surface area (Å²) in [5, 5.41) is 9.32. The fourth-order valence-corrected chi connectivity index (χ4v) is 5.53. The third kappa shape index (κ3) is 7.44. The molecule has 1 atom stereocenters. The zero-order chi connectivity index (χ0) is 33.1. The second-order valence-electron chi connectivity index (χ2n) is 12.1. The fourth-order valence-electron chi connectivity index (χ4n) is 5.53. The Morgan fingerprint density at radius 3 is 2.48 bits per heavy atom. The summed E-state index contributed by atoms with van der Waals surface area (Å²) in [5.74, 6) is -1.44. The normalized spacial score (nSPS) is 14.6. The van der Waals surface area contributed by atoms with E-state index in [9.17, 15) is 22.8 Å². The zero-order valence-electron chi connectivity index (χ0n) is 25.6. The summed E-state index contributed by atoms with van der Waals surface area (Å²) in [4.78, 5) is 31.2. The summed E-state index contributed by atoms with van der Waals surface area (Å²) in [5.41, 5.74) is 4.58. The highest BCUT2D eigenvalue weighted by molar-refractivity contribution is 6.03. The Bertz CT molecular complexity index is 1700. The smallest absolute Gasteiger partial charge is 0.342 e. The van der Waals surface area contributed by atoms with Gasteiger partial charge in [-0.2, -0.15) is 18.3 Å². The van der Waals surface area contributed by atoms with E-state index in [0.29, 0.717) is 35.1 Å². The Balaban J connectivity index is 1.57. The molecule has 0 bridgehead atoms. The Hall–Kier alpha value is -4.58. The van der Waals surface area contributed by atoms with E-state index < -0.39 is 34.8 Å². The topological polar surface area (TPSA) is 115 Å². The van der Waals surface area contributed by atoms with Gasteiger partial charge in [0, 0.05) is 37.0 Å². The van der Waals surface area contributed by atoms with Crippen LogP contribution in [0.4, 0.5) is 23.2 Å². The number of halogens is 4. The first-order valence-electron chi connectivity index (χ1n) is 15.2. The molecule has 2 amide bonds. The molecule has 4 N–H and O–H groups in total. The Kier molecular flexibility index (Phi) is 9.57. The van der Waals surface area contributed by atoms with Crippen molar-refractivity contribution in [3.63, 3.8) is 0 Å². The van der Waals surface area contributed by atoms with Gasteiger partial charge in [0.2, 0.25) is 5.91 Å². The highest BCUT2D eigenvalue weighted by Crippen LogP contribution is 2.42. The van der Waals surface area contributed by atoms with Gasteiger partial charge >= 0.3 is 6.18 Å². The number of pyridine rings is 1. The number of carbonyl (C=O) groups excluding carboxylic acids is 2. The molecule has 242 valence electrons. The molecule has 0 spiro atoms. The molecule has 8 nitrogen and oxygen atoms in total. The van der Waals surface area contributed by atoms with Crippen LogP contribution in [-0.4, -0.2) is 26.6 Å². The third-order valence-electron chi connectivity index (χ3n) is 8.06. The summed E-state index contributed by atoms with van der Waals surface area (Å²) in [6.07, 6.45) is 2.12. The van der Waals surface area contributed by atoms with E-state index in [-0.39, 0.29) is 36.2 Å². The van der Waals surface area contributed by atoms with E-state index in [0.717, 1.165) is 23.9 Å². The monoisotopic (exact) mass is 636 g/mol. The number of nitrogens with zero attached hydrogens (tertiary/aromatic N) is 3.